The van der Waals surface area contributed by atoms with Gasteiger partial charge < -0.3 is 40.7 Å². The zero-order valence-electron chi connectivity index (χ0n) is 53.1. The molecule has 0 fully saturated rings. The Bertz CT molecular complexity index is 3750. The minimum atomic E-state index is -1.18. The molecule has 2 N–H and O–H groups in total. The molecule has 3 aromatic heterocycles. The topological polar surface area (TPSA) is 231 Å². The number of carboxylic acids is 1. The number of alkyl halides is 1. The SMILES string of the molecule is C.C.C.C.C.CCCCn1ccc(-c2cc(Cl)ccc2O)n1.CCCCn1ccc(-c2cc(Cl)ccc2OC(C(=O)O)c2ccc(Cl)cc2)n1.CCCCn1ccc(-c2cc(Cl)ccc2OC(C(=O)OC)c2ccc(Cl)cc2)n1.COC(=O)C(Br)c1ccc(Cl)cc1.O=CO[O-].[H-].[K+].[K+]. The summed E-state index contributed by atoms with van der Waals surface area (Å²) in [7, 11) is 2.68. The number of methoxy groups -OCH3 is 2. The van der Waals surface area contributed by atoms with Gasteiger partial charge in [-0.25, -0.2) is 9.59 Å². The molecule has 6 aromatic carbocycles. The Morgan fingerprint density at radius 3 is 1.14 bits per heavy atom. The van der Waals surface area contributed by atoms with Gasteiger partial charge in [0.25, 0.3) is 6.47 Å². The van der Waals surface area contributed by atoms with Crippen LogP contribution in [0.2, 0.25) is 30.1 Å². The maximum absolute atomic E-state index is 12.4. The number of carboxylic acid groups (broad SMARTS) is 1. The molecule has 0 aliphatic rings. The van der Waals surface area contributed by atoms with Crippen LogP contribution >= 0.6 is 85.5 Å². The van der Waals surface area contributed by atoms with Crippen LogP contribution in [0.15, 0.2) is 164 Å². The van der Waals surface area contributed by atoms with Crippen LogP contribution in [0.4, 0.5) is 0 Å². The van der Waals surface area contributed by atoms with Crippen molar-refractivity contribution in [3.63, 3.8) is 0 Å². The number of carbonyl (C=O) groups is 4. The van der Waals surface area contributed by atoms with Gasteiger partial charge in [-0.2, -0.15) is 15.3 Å². The molecule has 9 aromatic rings. The number of hydrogen-bond acceptors (Lipinski definition) is 14. The van der Waals surface area contributed by atoms with Crippen molar-refractivity contribution in [1.29, 1.82) is 0 Å². The summed E-state index contributed by atoms with van der Waals surface area (Å²) in [6, 6.07) is 41.3. The van der Waals surface area contributed by atoms with Crippen molar-refractivity contribution < 1.29 is 163 Å². The summed E-state index contributed by atoms with van der Waals surface area (Å²) in [5.74, 6) is -0.844. The fraction of sp³-hybridized carbons (Fsp3) is 0.310. The number of nitrogens with zero attached hydrogens (tertiary/aromatic N) is 6. The van der Waals surface area contributed by atoms with Gasteiger partial charge in [0.05, 0.1) is 31.3 Å². The van der Waals surface area contributed by atoms with E-state index in [0.717, 1.165) is 75.1 Å². The number of benzene rings is 6. The second-order valence-electron chi connectivity index (χ2n) is 19.5. The van der Waals surface area contributed by atoms with Crippen molar-refractivity contribution in [1.82, 2.24) is 29.3 Å². The molecule has 18 nitrogen and oxygen atoms in total. The average molecular weight is 1590 g/mol. The average Bonchev–Trinajstić information content (AvgIpc) is 1.62. The van der Waals surface area contributed by atoms with Gasteiger partial charge in [0.15, 0.2) is 0 Å². The van der Waals surface area contributed by atoms with Gasteiger partial charge in [0.2, 0.25) is 12.2 Å². The third-order valence-electron chi connectivity index (χ3n) is 12.9. The molecule has 0 aliphatic carbocycles. The van der Waals surface area contributed by atoms with E-state index in [4.69, 9.17) is 93.9 Å². The van der Waals surface area contributed by atoms with E-state index in [0.29, 0.717) is 75.1 Å². The normalized spacial score (nSPS) is 10.6. The van der Waals surface area contributed by atoms with Gasteiger partial charge in [-0.15, -0.1) is 0 Å². The number of phenolic OH excluding ortho intramolecular Hbond substituents is 1. The predicted molar refractivity (Wildman–Crippen MR) is 391 cm³/mol. The first kappa shape index (κ1) is 97.9. The molecule has 3 heterocycles. The van der Waals surface area contributed by atoms with Crippen molar-refractivity contribution in [2.45, 2.75) is 133 Å². The van der Waals surface area contributed by atoms with Gasteiger partial charge in [-0.1, -0.05) is 199 Å². The van der Waals surface area contributed by atoms with Gasteiger partial charge in [0, 0.05) is 96.2 Å². The number of phenols is 1. The Morgan fingerprint density at radius 2 is 0.806 bits per heavy atom. The third kappa shape index (κ3) is 32.3. The van der Waals surface area contributed by atoms with Crippen LogP contribution in [0.5, 0.6) is 17.2 Å². The molecule has 27 heteroatoms. The van der Waals surface area contributed by atoms with Crippen LogP contribution < -0.4 is 118 Å². The molecule has 0 saturated heterocycles. The first-order valence-electron chi connectivity index (χ1n) is 28.3. The summed E-state index contributed by atoms with van der Waals surface area (Å²) < 4.78 is 27.1. The van der Waals surface area contributed by atoms with Crippen molar-refractivity contribution >= 4 is 110 Å². The minimum absolute atomic E-state index is 0. The molecule has 0 aliphatic heterocycles. The number of aromatic nitrogens is 6. The van der Waals surface area contributed by atoms with E-state index >= 15 is 0 Å². The second kappa shape index (κ2) is 52.6. The Balaban J connectivity index is -0.000000602. The summed E-state index contributed by atoms with van der Waals surface area (Å²) in [5.41, 5.74) is 6.12. The van der Waals surface area contributed by atoms with Crippen LogP contribution in [-0.2, 0) is 53.2 Å². The number of aliphatic carboxylic acids is 1. The van der Waals surface area contributed by atoms with E-state index < -0.39 is 29.0 Å². The fourth-order valence-electron chi connectivity index (χ4n) is 8.19. The standard InChI is InChI=1S/C22H22Cl2N2O3.C21H20Cl2N2O3.C13H15ClN2O.C9H8BrClO2.CH2O3.5CH4.2K.H/c1-3-4-12-26-13-11-19(25-26)18-14-17(24)9-10-20(18)29-21(22(27)28-2)15-5-7-16(23)8-6-15;1-2-3-11-25-12-10-18(24-25)17-13-16(23)8-9-19(17)28-20(21(26)27)14-4-6-15(22)7-5-14;1-2-3-7-16-8-6-12(15-16)11-9-10(14)4-5-13(11)17;1-13-9(12)8(10)6-2-4-7(11)5-3-6;2-1-4-3;;;;;;;;/h5-11,13-14,21H,3-4,12H2,1-2H3;4-10,12-13,20H,2-3,11H2,1H3,(H,26,27);4-6,8-9,17H,2-3,7H2,1H3;2-5,8H,1H3;1,3H;5*1H4;;;/q;;;;;;;;;;2*+1;-1/p-1. The number of ether oxygens (including phenoxy) is 4. The van der Waals surface area contributed by atoms with Crippen molar-refractivity contribution in [2.24, 2.45) is 0 Å². The van der Waals surface area contributed by atoms with Crippen molar-refractivity contribution in [2.75, 3.05) is 14.2 Å². The number of rotatable bonds is 23. The van der Waals surface area contributed by atoms with E-state index in [2.05, 4.69) is 61.6 Å². The maximum Gasteiger partial charge on any atom is 1.00 e. The molecule has 0 saturated carbocycles. The van der Waals surface area contributed by atoms with Crippen LogP contribution in [0.25, 0.3) is 33.8 Å². The van der Waals surface area contributed by atoms with E-state index in [1.54, 1.807) is 127 Å². The Kier molecular flexibility index (Phi) is 52.5. The number of esters is 2. The summed E-state index contributed by atoms with van der Waals surface area (Å²) >= 11 is 39.1. The summed E-state index contributed by atoms with van der Waals surface area (Å²) in [6.07, 6.45) is 10.1. The van der Waals surface area contributed by atoms with Crippen LogP contribution in [-0.4, -0.2) is 78.2 Å². The minimum Gasteiger partial charge on any atom is -1.00 e. The zero-order chi connectivity index (χ0) is 66.4. The van der Waals surface area contributed by atoms with Crippen LogP contribution in [0.1, 0.15) is 132 Å². The fourth-order valence-corrected chi connectivity index (χ4v) is 9.58. The molecular weight excluding hydrogens is 1500 g/mol. The largest absolute Gasteiger partial charge is 1.00 e. The Labute approximate surface area is 702 Å². The smallest absolute Gasteiger partial charge is 1.00 e. The molecule has 98 heavy (non-hydrogen) atoms. The van der Waals surface area contributed by atoms with E-state index in [9.17, 15) is 24.6 Å². The molecule has 9 rings (SSSR count). The Hall–Kier alpha value is -4.32. The van der Waals surface area contributed by atoms with E-state index in [1.807, 2.05) is 50.8 Å². The summed E-state index contributed by atoms with van der Waals surface area (Å²) in [4.78, 5) is 46.2. The molecule has 3 unspecified atom stereocenters. The van der Waals surface area contributed by atoms with Gasteiger partial charge in [0.1, 0.15) is 22.1 Å². The molecule has 0 spiro atoms. The molecule has 0 bridgehead atoms. The predicted octanol–water partition coefficient (Wildman–Crippen LogP) is 14.2. The molecule has 524 valence electrons. The first-order chi connectivity index (χ1) is 43.7. The zero-order valence-corrected chi connectivity index (χ0v) is 64.4. The summed E-state index contributed by atoms with van der Waals surface area (Å²) in [6.45, 7) is 8.77. The second-order valence-corrected chi connectivity index (χ2v) is 23.0. The maximum atomic E-state index is 12.4. The van der Waals surface area contributed by atoms with Gasteiger partial charge in [-0.3, -0.25) is 23.6 Å². The molecule has 0 amide bonds. The van der Waals surface area contributed by atoms with Crippen molar-refractivity contribution in [3.05, 3.63) is 211 Å². The number of halogens is 7. The van der Waals surface area contributed by atoms with Crippen LogP contribution in [0, 0.1) is 0 Å². The number of carbonyl (C=O) groups excluding carboxylic acids is 3. The van der Waals surface area contributed by atoms with E-state index in [1.165, 1.54) is 14.2 Å². The third-order valence-corrected chi connectivity index (χ3v) is 15.3. The van der Waals surface area contributed by atoms with Crippen molar-refractivity contribution in [3.8, 4) is 51.0 Å². The summed E-state index contributed by atoms with van der Waals surface area (Å²) in [5, 5.41) is 44.9. The number of hydrogen-bond donors (Lipinski definition) is 2. The van der Waals surface area contributed by atoms with Crippen LogP contribution in [0.3, 0.4) is 0 Å². The van der Waals surface area contributed by atoms with Gasteiger partial charge in [-0.05, 0) is 134 Å². The van der Waals surface area contributed by atoms with Gasteiger partial charge >= 0.3 is 121 Å². The molecular formula is C71H87BrCl6K2N6O12. The number of aryl methyl sites for hydroxylation is 3. The molecule has 3 atom stereocenters. The Morgan fingerprint density at radius 1 is 0.500 bits per heavy atom. The van der Waals surface area contributed by atoms with E-state index in [-0.39, 0.29) is 160 Å². The monoisotopic (exact) mass is 1580 g/mol. The number of unbranched alkanes of at least 4 members (excludes halogenated alkanes) is 3. The molecule has 0 radical (unpaired) electrons. The first-order valence-corrected chi connectivity index (χ1v) is 31.5. The number of aromatic hydroxyl groups is 1. The quantitative estimate of drug-likeness (QED) is 0.0151.